The van der Waals surface area contributed by atoms with E-state index < -0.39 is 5.60 Å². The van der Waals surface area contributed by atoms with E-state index in [1.807, 2.05) is 12.1 Å². The summed E-state index contributed by atoms with van der Waals surface area (Å²) in [6, 6.07) is 20.9. The molecule has 1 aliphatic carbocycles. The maximum atomic E-state index is 13.0. The van der Waals surface area contributed by atoms with E-state index in [1.54, 1.807) is 7.11 Å². The molecule has 0 bridgehead atoms. The van der Waals surface area contributed by atoms with Crippen LogP contribution in [0.3, 0.4) is 0 Å². The van der Waals surface area contributed by atoms with E-state index >= 15 is 0 Å². The summed E-state index contributed by atoms with van der Waals surface area (Å²) in [4.78, 5) is 7.12. The Morgan fingerprint density at radius 1 is 1.08 bits per heavy atom. The summed E-state index contributed by atoms with van der Waals surface area (Å²) in [5.41, 5.74) is 2.96. The summed E-state index contributed by atoms with van der Waals surface area (Å²) in [5, 5.41) is 16.4. The predicted molar refractivity (Wildman–Crippen MR) is 156 cm³/mol. The lowest BCUT2D eigenvalue weighted by Gasteiger charge is -2.40. The lowest BCUT2D eigenvalue weighted by Crippen LogP contribution is -2.38. The van der Waals surface area contributed by atoms with Crippen molar-refractivity contribution in [3.05, 3.63) is 81.8 Å². The molecule has 0 radical (unpaired) electrons. The maximum absolute atomic E-state index is 13.0. The van der Waals surface area contributed by atoms with Crippen molar-refractivity contribution in [2.45, 2.75) is 50.5 Å². The minimum atomic E-state index is -1.10. The van der Waals surface area contributed by atoms with E-state index in [4.69, 9.17) is 9.72 Å². The molecule has 5 heteroatoms. The molecule has 0 saturated heterocycles. The second kappa shape index (κ2) is 10.7. The standard InChI is InChI=1S/C32H37BrN2O2/c1-21-26-20-24(33)15-17-29(26)34-31(37-4)30(21)28(16-14-22-12-13-22)32(36,18-19-35(2)3)27-11-7-9-23-8-5-6-10-25(23)27/h5-11,15,17,20,22,28,36H,12-14,16,18-19H2,1-4H3. The highest BCUT2D eigenvalue weighted by atomic mass is 79.9. The fourth-order valence-corrected chi connectivity index (χ4v) is 6.23. The lowest BCUT2D eigenvalue weighted by atomic mass is 9.70. The molecule has 2 unspecified atom stereocenters. The number of benzene rings is 3. The highest BCUT2D eigenvalue weighted by Gasteiger charge is 2.43. The van der Waals surface area contributed by atoms with Gasteiger partial charge in [0.15, 0.2) is 0 Å². The molecule has 5 rings (SSSR count). The van der Waals surface area contributed by atoms with Crippen LogP contribution in [0.15, 0.2) is 65.1 Å². The zero-order chi connectivity index (χ0) is 26.2. The van der Waals surface area contributed by atoms with Crippen molar-refractivity contribution in [1.29, 1.82) is 0 Å². The van der Waals surface area contributed by atoms with Crippen LogP contribution in [-0.4, -0.2) is 42.7 Å². The van der Waals surface area contributed by atoms with Gasteiger partial charge in [0.25, 0.3) is 0 Å². The summed E-state index contributed by atoms with van der Waals surface area (Å²) in [5.74, 6) is 1.21. The molecule has 1 heterocycles. The second-order valence-electron chi connectivity index (χ2n) is 10.9. The molecule has 0 spiro atoms. The van der Waals surface area contributed by atoms with E-state index in [-0.39, 0.29) is 5.92 Å². The first-order valence-electron chi connectivity index (χ1n) is 13.3. The summed E-state index contributed by atoms with van der Waals surface area (Å²) in [7, 11) is 5.85. The number of halogens is 1. The molecule has 1 fully saturated rings. The number of aromatic nitrogens is 1. The maximum Gasteiger partial charge on any atom is 0.217 e. The Morgan fingerprint density at radius 2 is 1.84 bits per heavy atom. The molecule has 37 heavy (non-hydrogen) atoms. The van der Waals surface area contributed by atoms with Crippen molar-refractivity contribution >= 4 is 37.6 Å². The SMILES string of the molecule is COc1nc2ccc(Br)cc2c(C)c1C(CCC1CC1)C(O)(CCN(C)C)c1cccc2ccccc12. The van der Waals surface area contributed by atoms with Gasteiger partial charge in [-0.25, -0.2) is 4.98 Å². The predicted octanol–water partition coefficient (Wildman–Crippen LogP) is 7.58. The van der Waals surface area contributed by atoms with E-state index in [2.05, 4.69) is 90.4 Å². The fraction of sp³-hybridized carbons (Fsp3) is 0.406. The summed E-state index contributed by atoms with van der Waals surface area (Å²) in [6.07, 6.45) is 5.17. The Balaban J connectivity index is 1.77. The van der Waals surface area contributed by atoms with Crippen LogP contribution >= 0.6 is 15.9 Å². The third-order valence-electron chi connectivity index (χ3n) is 8.09. The van der Waals surface area contributed by atoms with E-state index in [9.17, 15) is 5.11 Å². The van der Waals surface area contributed by atoms with Gasteiger partial charge in [0.1, 0.15) is 0 Å². The third kappa shape index (κ3) is 5.27. The van der Waals surface area contributed by atoms with Gasteiger partial charge in [0.2, 0.25) is 5.88 Å². The molecule has 2 atom stereocenters. The number of hydrogen-bond acceptors (Lipinski definition) is 4. The van der Waals surface area contributed by atoms with E-state index in [0.717, 1.165) is 68.1 Å². The van der Waals surface area contributed by atoms with Crippen molar-refractivity contribution in [3.63, 3.8) is 0 Å². The van der Waals surface area contributed by atoms with Crippen LogP contribution in [0.25, 0.3) is 21.7 Å². The molecule has 4 nitrogen and oxygen atoms in total. The first-order chi connectivity index (χ1) is 17.8. The number of ether oxygens (including phenoxy) is 1. The van der Waals surface area contributed by atoms with Crippen LogP contribution in [0.2, 0.25) is 0 Å². The Hall–Kier alpha value is -2.47. The molecular weight excluding hydrogens is 524 g/mol. The van der Waals surface area contributed by atoms with Crippen LogP contribution in [0, 0.1) is 12.8 Å². The zero-order valence-corrected chi connectivity index (χ0v) is 23.9. The Labute approximate surface area is 228 Å². The van der Waals surface area contributed by atoms with Crippen LogP contribution in [0.5, 0.6) is 5.88 Å². The van der Waals surface area contributed by atoms with E-state index in [0.29, 0.717) is 12.3 Å². The molecule has 1 aromatic heterocycles. The van der Waals surface area contributed by atoms with Crippen LogP contribution < -0.4 is 4.74 Å². The molecule has 0 amide bonds. The third-order valence-corrected chi connectivity index (χ3v) is 8.59. The Morgan fingerprint density at radius 3 is 2.57 bits per heavy atom. The number of nitrogens with zero attached hydrogens (tertiary/aromatic N) is 2. The van der Waals surface area contributed by atoms with Crippen LogP contribution in [-0.2, 0) is 5.60 Å². The number of rotatable bonds is 10. The molecule has 4 aromatic rings. The van der Waals surface area contributed by atoms with Gasteiger partial charge < -0.3 is 14.7 Å². The summed E-state index contributed by atoms with van der Waals surface area (Å²) >= 11 is 3.65. The van der Waals surface area contributed by atoms with Gasteiger partial charge in [-0.2, -0.15) is 0 Å². The first-order valence-corrected chi connectivity index (χ1v) is 14.1. The van der Waals surface area contributed by atoms with Crippen molar-refractivity contribution in [2.24, 2.45) is 5.92 Å². The molecule has 3 aromatic carbocycles. The van der Waals surface area contributed by atoms with Gasteiger partial charge in [-0.15, -0.1) is 0 Å². The van der Waals surface area contributed by atoms with Crippen LogP contribution in [0.4, 0.5) is 0 Å². The second-order valence-corrected chi connectivity index (χ2v) is 11.8. The number of pyridine rings is 1. The number of aryl methyl sites for hydroxylation is 1. The summed E-state index contributed by atoms with van der Waals surface area (Å²) < 4.78 is 6.99. The monoisotopic (exact) mass is 560 g/mol. The summed E-state index contributed by atoms with van der Waals surface area (Å²) in [6.45, 7) is 2.93. The Bertz CT molecular complexity index is 1410. The lowest BCUT2D eigenvalue weighted by molar-refractivity contribution is -0.0103. The van der Waals surface area contributed by atoms with Gasteiger partial charge in [0, 0.05) is 27.9 Å². The molecule has 1 aliphatic rings. The normalized spacial score (nSPS) is 16.3. The Kier molecular flexibility index (Phi) is 7.58. The van der Waals surface area contributed by atoms with Gasteiger partial charge >= 0.3 is 0 Å². The smallest absolute Gasteiger partial charge is 0.217 e. The van der Waals surface area contributed by atoms with Crippen molar-refractivity contribution in [2.75, 3.05) is 27.7 Å². The number of hydrogen-bond donors (Lipinski definition) is 1. The minimum Gasteiger partial charge on any atom is -0.481 e. The number of methoxy groups -OCH3 is 1. The zero-order valence-electron chi connectivity index (χ0n) is 22.3. The highest BCUT2D eigenvalue weighted by molar-refractivity contribution is 9.10. The van der Waals surface area contributed by atoms with Crippen molar-refractivity contribution < 1.29 is 9.84 Å². The van der Waals surface area contributed by atoms with Crippen molar-refractivity contribution in [1.82, 2.24) is 9.88 Å². The first kappa shape index (κ1) is 26.1. The number of aliphatic hydroxyl groups is 1. The minimum absolute atomic E-state index is 0.162. The number of fused-ring (bicyclic) bond motifs is 2. The van der Waals surface area contributed by atoms with Gasteiger partial charge in [0.05, 0.1) is 18.2 Å². The van der Waals surface area contributed by atoms with Gasteiger partial charge in [-0.05, 0) is 86.3 Å². The molecule has 0 aliphatic heterocycles. The van der Waals surface area contributed by atoms with E-state index in [1.165, 1.54) is 12.8 Å². The van der Waals surface area contributed by atoms with Crippen LogP contribution in [0.1, 0.15) is 54.7 Å². The molecule has 1 saturated carbocycles. The average molecular weight is 562 g/mol. The molecule has 194 valence electrons. The van der Waals surface area contributed by atoms with Gasteiger partial charge in [-0.1, -0.05) is 71.2 Å². The quantitative estimate of drug-likeness (QED) is 0.217. The fourth-order valence-electron chi connectivity index (χ4n) is 5.87. The average Bonchev–Trinajstić information content (AvgIpc) is 3.73. The molecule has 1 N–H and O–H groups in total. The molecular formula is C32H37BrN2O2. The largest absolute Gasteiger partial charge is 0.481 e. The van der Waals surface area contributed by atoms with Crippen molar-refractivity contribution in [3.8, 4) is 5.88 Å². The topological polar surface area (TPSA) is 45.6 Å². The highest BCUT2D eigenvalue weighted by Crippen LogP contribution is 2.50. The van der Waals surface area contributed by atoms with Gasteiger partial charge in [-0.3, -0.25) is 0 Å².